The van der Waals surface area contributed by atoms with Gasteiger partial charge in [0.2, 0.25) is 5.62 Å². The maximum atomic E-state index is 13.7. The van der Waals surface area contributed by atoms with Crippen LogP contribution in [-0.4, -0.2) is 26.1 Å². The van der Waals surface area contributed by atoms with Crippen LogP contribution in [0.2, 0.25) is 0 Å². The molecule has 0 radical (unpaired) electrons. The molecule has 2 aromatic carbocycles. The molecule has 1 N–H and O–H groups in total. The normalized spacial score (nSPS) is 15.8. The number of nitrogens with zero attached hydrogens (tertiary/aromatic N) is 3. The van der Waals surface area contributed by atoms with Gasteiger partial charge in [0.05, 0.1) is 19.1 Å². The van der Waals surface area contributed by atoms with E-state index >= 15 is 0 Å². The molecule has 0 bridgehead atoms. The molecule has 5 nitrogen and oxygen atoms in total. The number of aromatic hydroxyl groups is 1. The molecule has 1 heterocycles. The van der Waals surface area contributed by atoms with Crippen LogP contribution in [0, 0.1) is 0 Å². The lowest BCUT2D eigenvalue weighted by atomic mass is 9.78. The van der Waals surface area contributed by atoms with Gasteiger partial charge in [-0.1, -0.05) is 91.1 Å². The molecule has 3 aromatic rings. The molecule has 0 spiro atoms. The molecule has 5 heteroatoms. The number of hydrogen-bond donors (Lipinski definition) is 1. The molecule has 4 rings (SSSR count). The zero-order valence-electron chi connectivity index (χ0n) is 23.4. The first-order valence-corrected chi connectivity index (χ1v) is 13.7. The van der Waals surface area contributed by atoms with Crippen LogP contribution in [0.1, 0.15) is 101 Å². The maximum absolute atomic E-state index is 13.7. The smallest absolute Gasteiger partial charge is 0.205 e. The van der Waals surface area contributed by atoms with E-state index in [2.05, 4.69) is 70.4 Å². The Morgan fingerprint density at radius 3 is 2.03 bits per heavy atom. The predicted octanol–water partition coefficient (Wildman–Crippen LogP) is 6.75. The molecule has 0 saturated heterocycles. The van der Waals surface area contributed by atoms with E-state index in [1.165, 1.54) is 24.8 Å². The summed E-state index contributed by atoms with van der Waals surface area (Å²) in [6.07, 6.45) is 9.94. The molecule has 0 aliphatic heterocycles. The second kappa shape index (κ2) is 10.7. The van der Waals surface area contributed by atoms with Crippen molar-refractivity contribution in [2.75, 3.05) is 0 Å². The lowest BCUT2D eigenvalue weighted by molar-refractivity contribution is 0.0970. The Morgan fingerprint density at radius 1 is 0.892 bits per heavy atom. The molecule has 0 atom stereocenters. The van der Waals surface area contributed by atoms with Crippen molar-refractivity contribution in [3.63, 3.8) is 0 Å². The molecule has 1 saturated carbocycles. The fraction of sp³-hybridized carbons (Fsp3) is 0.500. The van der Waals surface area contributed by atoms with Gasteiger partial charge in [-0.25, -0.2) is 4.99 Å². The van der Waals surface area contributed by atoms with E-state index < -0.39 is 0 Å². The van der Waals surface area contributed by atoms with Gasteiger partial charge in [0, 0.05) is 29.1 Å². The number of imidazole rings is 1. The molecule has 1 fully saturated rings. The van der Waals surface area contributed by atoms with E-state index in [4.69, 9.17) is 4.99 Å². The first kappa shape index (κ1) is 27.0. The summed E-state index contributed by atoms with van der Waals surface area (Å²) in [7, 11) is 0. The molecular formula is C32H43N3O2. The van der Waals surface area contributed by atoms with Crippen LogP contribution in [0.15, 0.2) is 59.9 Å². The Labute approximate surface area is 221 Å². The highest BCUT2D eigenvalue weighted by Gasteiger charge is 2.28. The number of aromatic nitrogens is 2. The van der Waals surface area contributed by atoms with E-state index in [-0.39, 0.29) is 23.2 Å². The number of Topliss-reactive ketones (excluding diaryl/α,β-unsaturated/α-hetero) is 1. The van der Waals surface area contributed by atoms with E-state index in [1.807, 2.05) is 35.2 Å². The summed E-state index contributed by atoms with van der Waals surface area (Å²) in [5, 5.41) is 11.1. The van der Waals surface area contributed by atoms with Crippen LogP contribution < -0.4 is 5.62 Å². The molecule has 0 amide bonds. The van der Waals surface area contributed by atoms with E-state index in [1.54, 1.807) is 0 Å². The Kier molecular flexibility index (Phi) is 7.82. The minimum absolute atomic E-state index is 0.0264. The molecule has 37 heavy (non-hydrogen) atoms. The van der Waals surface area contributed by atoms with Crippen molar-refractivity contribution < 1.29 is 9.90 Å². The number of rotatable bonds is 6. The van der Waals surface area contributed by atoms with Gasteiger partial charge in [-0.15, -0.1) is 0 Å². The number of hydrogen-bond acceptors (Lipinski definition) is 3. The topological polar surface area (TPSA) is 59.5 Å². The summed E-state index contributed by atoms with van der Waals surface area (Å²) in [5.41, 5.74) is 3.75. The Bertz CT molecular complexity index is 1260. The molecule has 1 aromatic heterocycles. The molecule has 1 aliphatic carbocycles. The zero-order chi connectivity index (χ0) is 26.8. The van der Waals surface area contributed by atoms with Crippen molar-refractivity contribution in [1.82, 2.24) is 9.13 Å². The standard InChI is InChI=1S/C32H43N3O2/c1-31(2,3)26-19-24(20-27(29(26)37)32(4,5)6)28(36)22-35-18-17-34(21-23-13-9-7-10-14-23)30(35)33-25-15-11-8-12-16-25/h7,9-10,13-14,17-20,25,37H,8,11-12,15-16,21-22H2,1-6H3/b33-30+. The van der Waals surface area contributed by atoms with Crippen molar-refractivity contribution in [2.24, 2.45) is 4.99 Å². The molecular weight excluding hydrogens is 458 g/mol. The SMILES string of the molecule is CC(C)(C)c1cc(C(=O)Cn2ccn(Cc3ccccc3)/c2=N\C2CCCCC2)cc(C(C)(C)C)c1O. The fourth-order valence-corrected chi connectivity index (χ4v) is 5.19. The van der Waals surface area contributed by atoms with Gasteiger partial charge in [0.25, 0.3) is 0 Å². The minimum Gasteiger partial charge on any atom is -0.507 e. The lowest BCUT2D eigenvalue weighted by Gasteiger charge is -2.28. The maximum Gasteiger partial charge on any atom is 0.205 e. The van der Waals surface area contributed by atoms with Crippen molar-refractivity contribution in [1.29, 1.82) is 0 Å². The highest BCUT2D eigenvalue weighted by atomic mass is 16.3. The Hall–Kier alpha value is -3.08. The number of phenolic OH excluding ortho intramolecular Hbond substituents is 1. The quantitative estimate of drug-likeness (QED) is 0.380. The summed E-state index contributed by atoms with van der Waals surface area (Å²) in [5.74, 6) is 0.324. The zero-order valence-corrected chi connectivity index (χ0v) is 23.4. The van der Waals surface area contributed by atoms with E-state index in [0.29, 0.717) is 17.4 Å². The second-order valence-electron chi connectivity index (χ2n) is 12.6. The van der Waals surface area contributed by atoms with Crippen LogP contribution in [-0.2, 0) is 23.9 Å². The summed E-state index contributed by atoms with van der Waals surface area (Å²) in [4.78, 5) is 18.9. The monoisotopic (exact) mass is 501 g/mol. The van der Waals surface area contributed by atoms with Crippen LogP contribution in [0.3, 0.4) is 0 Å². The fourth-order valence-electron chi connectivity index (χ4n) is 5.19. The number of carbonyl (C=O) groups excluding carboxylic acids is 1. The van der Waals surface area contributed by atoms with Crippen molar-refractivity contribution in [3.05, 3.63) is 82.7 Å². The summed E-state index contributed by atoms with van der Waals surface area (Å²) in [6.45, 7) is 13.4. The summed E-state index contributed by atoms with van der Waals surface area (Å²) < 4.78 is 4.16. The van der Waals surface area contributed by atoms with Gasteiger partial charge >= 0.3 is 0 Å². The van der Waals surface area contributed by atoms with Crippen molar-refractivity contribution in [2.45, 2.75) is 104 Å². The van der Waals surface area contributed by atoms with Crippen molar-refractivity contribution in [3.8, 4) is 5.75 Å². The highest BCUT2D eigenvalue weighted by molar-refractivity contribution is 5.96. The van der Waals surface area contributed by atoms with E-state index in [0.717, 1.165) is 36.1 Å². The third-order valence-electron chi connectivity index (χ3n) is 7.37. The predicted molar refractivity (Wildman–Crippen MR) is 150 cm³/mol. The molecule has 1 aliphatic rings. The van der Waals surface area contributed by atoms with Gasteiger partial charge < -0.3 is 14.2 Å². The molecule has 0 unspecified atom stereocenters. The number of ketones is 1. The van der Waals surface area contributed by atoms with Gasteiger partial charge in [0.15, 0.2) is 5.78 Å². The lowest BCUT2D eigenvalue weighted by Crippen LogP contribution is -2.31. The van der Waals surface area contributed by atoms with Crippen molar-refractivity contribution >= 4 is 5.78 Å². The molecule has 198 valence electrons. The average molecular weight is 502 g/mol. The van der Waals surface area contributed by atoms with Crippen LogP contribution in [0.25, 0.3) is 0 Å². The first-order chi connectivity index (χ1) is 17.4. The average Bonchev–Trinajstić information content (AvgIpc) is 3.19. The van der Waals surface area contributed by atoms with E-state index in [9.17, 15) is 9.90 Å². The van der Waals surface area contributed by atoms with Gasteiger partial charge in [-0.2, -0.15) is 0 Å². The number of carbonyl (C=O) groups is 1. The van der Waals surface area contributed by atoms with Gasteiger partial charge in [-0.05, 0) is 41.4 Å². The number of phenols is 1. The van der Waals surface area contributed by atoms with Gasteiger partial charge in [0.1, 0.15) is 5.75 Å². The third kappa shape index (κ3) is 6.44. The van der Waals surface area contributed by atoms with Crippen LogP contribution >= 0.6 is 0 Å². The second-order valence-corrected chi connectivity index (χ2v) is 12.6. The Morgan fingerprint density at radius 2 is 1.46 bits per heavy atom. The summed E-state index contributed by atoms with van der Waals surface area (Å²) in [6, 6.07) is 14.4. The first-order valence-electron chi connectivity index (χ1n) is 13.7. The minimum atomic E-state index is -0.284. The van der Waals surface area contributed by atoms with Gasteiger partial charge in [-0.3, -0.25) is 4.79 Å². The highest BCUT2D eigenvalue weighted by Crippen LogP contribution is 2.39. The Balaban J connectivity index is 1.73. The number of benzene rings is 2. The summed E-state index contributed by atoms with van der Waals surface area (Å²) >= 11 is 0. The van der Waals surface area contributed by atoms with Crippen LogP contribution in [0.5, 0.6) is 5.75 Å². The van der Waals surface area contributed by atoms with Crippen LogP contribution in [0.4, 0.5) is 0 Å². The third-order valence-corrected chi connectivity index (χ3v) is 7.37. The largest absolute Gasteiger partial charge is 0.507 e.